The molecule has 2 nitrogen and oxygen atoms in total. The molecule has 1 heterocycles. The maximum Gasteiger partial charge on any atom is 0.443 e. The van der Waals surface area contributed by atoms with Crippen LogP contribution in [0.2, 0.25) is 0 Å². The van der Waals surface area contributed by atoms with E-state index in [9.17, 15) is 39.5 Å². The predicted octanol–water partition coefficient (Wildman–Crippen LogP) is 4.16. The Hall–Kier alpha value is -1.04. The zero-order valence-electron chi connectivity index (χ0n) is 9.99. The molecule has 1 N–H and O–H groups in total. The van der Waals surface area contributed by atoms with Crippen LogP contribution in [-0.4, -0.2) is 24.4 Å². The highest BCUT2D eigenvalue weighted by molar-refractivity contribution is 7.11. The average Bonchev–Trinajstić information content (AvgIpc) is 2.70. The molecular weight excluding hydrogens is 339 g/mol. The van der Waals surface area contributed by atoms with Gasteiger partial charge in [0.05, 0.1) is 6.04 Å². The summed E-state index contributed by atoms with van der Waals surface area (Å²) in [6, 6.07) is -2.40. The first-order valence-corrected chi connectivity index (χ1v) is 5.93. The zero-order valence-corrected chi connectivity index (χ0v) is 10.8. The summed E-state index contributed by atoms with van der Waals surface area (Å²) in [5.74, 6) is -3.84. The molecule has 0 aliphatic heterocycles. The lowest BCUT2D eigenvalue weighted by atomic mass is 9.97. The SMILES string of the molecule is CNC(c1cnc(C(F)(F)F)s1)C(C(F)(F)F)C(F)(F)F. The Morgan fingerprint density at radius 2 is 1.48 bits per heavy atom. The van der Waals surface area contributed by atoms with Gasteiger partial charge in [-0.05, 0) is 7.05 Å². The maximum absolute atomic E-state index is 12.6. The van der Waals surface area contributed by atoms with Gasteiger partial charge in [-0.25, -0.2) is 4.98 Å². The van der Waals surface area contributed by atoms with Crippen molar-refractivity contribution >= 4 is 11.3 Å². The van der Waals surface area contributed by atoms with Gasteiger partial charge in [0.1, 0.15) is 0 Å². The molecule has 0 aliphatic carbocycles. The van der Waals surface area contributed by atoms with E-state index in [2.05, 4.69) is 4.98 Å². The standard InChI is InChI=1S/C9H7F9N2S/c1-19-4(5(7(10,11)12)8(13,14)15)3-2-20-6(21-3)9(16,17)18/h2,4-5,19H,1H3. The fourth-order valence-corrected chi connectivity index (χ4v) is 2.53. The van der Waals surface area contributed by atoms with Crippen molar-refractivity contribution in [1.82, 2.24) is 10.3 Å². The normalized spacial score (nSPS) is 15.6. The second-order valence-corrected chi connectivity index (χ2v) is 4.96. The van der Waals surface area contributed by atoms with Gasteiger partial charge in [-0.1, -0.05) is 0 Å². The van der Waals surface area contributed by atoms with Crippen LogP contribution in [0.4, 0.5) is 39.5 Å². The second kappa shape index (κ2) is 5.63. The van der Waals surface area contributed by atoms with Gasteiger partial charge < -0.3 is 5.32 Å². The molecule has 1 rings (SSSR count). The lowest BCUT2D eigenvalue weighted by Crippen LogP contribution is -2.44. The first-order chi connectivity index (χ1) is 9.28. The molecule has 122 valence electrons. The molecular formula is C9H7F9N2S. The lowest BCUT2D eigenvalue weighted by molar-refractivity contribution is -0.292. The molecule has 0 saturated heterocycles. The first-order valence-electron chi connectivity index (χ1n) is 5.12. The van der Waals surface area contributed by atoms with Crippen LogP contribution in [0.3, 0.4) is 0 Å². The number of hydrogen-bond donors (Lipinski definition) is 1. The van der Waals surface area contributed by atoms with E-state index >= 15 is 0 Å². The minimum atomic E-state index is -5.67. The van der Waals surface area contributed by atoms with E-state index in [0.717, 1.165) is 7.05 Å². The summed E-state index contributed by atoms with van der Waals surface area (Å²) < 4.78 is 112. The van der Waals surface area contributed by atoms with E-state index in [1.165, 1.54) is 0 Å². The Balaban J connectivity index is 3.25. The van der Waals surface area contributed by atoms with Crippen LogP contribution in [0.1, 0.15) is 15.9 Å². The van der Waals surface area contributed by atoms with Crippen LogP contribution in [0.5, 0.6) is 0 Å². The largest absolute Gasteiger partial charge is 0.443 e. The highest BCUT2D eigenvalue weighted by atomic mass is 32.1. The molecule has 0 fully saturated rings. The summed E-state index contributed by atoms with van der Waals surface area (Å²) >= 11 is -0.266. The molecule has 0 aromatic carbocycles. The molecule has 1 aromatic rings. The van der Waals surface area contributed by atoms with Crippen molar-refractivity contribution in [1.29, 1.82) is 0 Å². The number of thiazole rings is 1. The molecule has 0 bridgehead atoms. The third kappa shape index (κ3) is 4.22. The van der Waals surface area contributed by atoms with Crippen LogP contribution in [0, 0.1) is 5.92 Å². The van der Waals surface area contributed by atoms with Crippen molar-refractivity contribution < 1.29 is 39.5 Å². The number of rotatable bonds is 3. The van der Waals surface area contributed by atoms with Crippen LogP contribution in [0.25, 0.3) is 0 Å². The van der Waals surface area contributed by atoms with E-state index in [4.69, 9.17) is 0 Å². The Bertz CT molecular complexity index is 459. The maximum atomic E-state index is 12.6. The number of alkyl halides is 9. The van der Waals surface area contributed by atoms with Gasteiger partial charge in [-0.3, -0.25) is 0 Å². The van der Waals surface area contributed by atoms with E-state index < -0.39 is 40.4 Å². The molecule has 0 amide bonds. The number of nitrogens with one attached hydrogen (secondary N) is 1. The minimum absolute atomic E-state index is 0.266. The number of halogens is 9. The van der Waals surface area contributed by atoms with Gasteiger partial charge in [-0.2, -0.15) is 39.5 Å². The molecule has 1 unspecified atom stereocenters. The summed E-state index contributed by atoms with van der Waals surface area (Å²) in [6.45, 7) is 0. The quantitative estimate of drug-likeness (QED) is 0.832. The van der Waals surface area contributed by atoms with Gasteiger partial charge in [0.25, 0.3) is 0 Å². The van der Waals surface area contributed by atoms with Crippen LogP contribution in [0.15, 0.2) is 6.20 Å². The summed E-state index contributed by atoms with van der Waals surface area (Å²) in [7, 11) is 0.794. The fourth-order valence-electron chi connectivity index (χ4n) is 1.60. The van der Waals surface area contributed by atoms with Gasteiger partial charge in [0.2, 0.25) is 0 Å². The fraction of sp³-hybridized carbons (Fsp3) is 0.667. The van der Waals surface area contributed by atoms with Gasteiger partial charge in [-0.15, -0.1) is 11.3 Å². The van der Waals surface area contributed by atoms with Crippen molar-refractivity contribution in [2.45, 2.75) is 24.6 Å². The molecule has 1 atom stereocenters. The number of hydrogen-bond acceptors (Lipinski definition) is 3. The molecule has 1 aromatic heterocycles. The van der Waals surface area contributed by atoms with E-state index in [0.29, 0.717) is 6.20 Å². The molecule has 0 spiro atoms. The van der Waals surface area contributed by atoms with Crippen molar-refractivity contribution in [3.63, 3.8) is 0 Å². The van der Waals surface area contributed by atoms with Crippen LogP contribution in [-0.2, 0) is 6.18 Å². The van der Waals surface area contributed by atoms with Crippen molar-refractivity contribution in [2.75, 3.05) is 7.05 Å². The molecule has 0 saturated carbocycles. The van der Waals surface area contributed by atoms with Crippen LogP contribution >= 0.6 is 11.3 Å². The highest BCUT2D eigenvalue weighted by Crippen LogP contribution is 2.48. The number of aromatic nitrogens is 1. The molecule has 0 radical (unpaired) electrons. The Labute approximate surface area is 116 Å². The topological polar surface area (TPSA) is 24.9 Å². The zero-order chi connectivity index (χ0) is 16.6. The monoisotopic (exact) mass is 346 g/mol. The van der Waals surface area contributed by atoms with Gasteiger partial charge in [0, 0.05) is 11.1 Å². The summed E-state index contributed by atoms with van der Waals surface area (Å²) in [5.41, 5.74) is 0. The third-order valence-electron chi connectivity index (χ3n) is 2.42. The highest BCUT2D eigenvalue weighted by Gasteiger charge is 2.60. The van der Waals surface area contributed by atoms with E-state index in [1.54, 1.807) is 5.32 Å². The summed E-state index contributed by atoms with van der Waals surface area (Å²) in [6.07, 6.45) is -15.9. The molecule has 21 heavy (non-hydrogen) atoms. The predicted molar refractivity (Wildman–Crippen MR) is 54.5 cm³/mol. The molecule has 0 aliphatic rings. The Morgan fingerprint density at radius 1 is 1.00 bits per heavy atom. The smallest absolute Gasteiger partial charge is 0.311 e. The lowest BCUT2D eigenvalue weighted by Gasteiger charge is -2.29. The van der Waals surface area contributed by atoms with Crippen molar-refractivity contribution in [3.05, 3.63) is 16.1 Å². The summed E-state index contributed by atoms with van der Waals surface area (Å²) in [5, 5.41) is 0.246. The van der Waals surface area contributed by atoms with E-state index in [-0.39, 0.29) is 11.3 Å². The van der Waals surface area contributed by atoms with E-state index in [1.807, 2.05) is 0 Å². The summed E-state index contributed by atoms with van der Waals surface area (Å²) in [4.78, 5) is 2.02. The van der Waals surface area contributed by atoms with Gasteiger partial charge in [0.15, 0.2) is 10.9 Å². The minimum Gasteiger partial charge on any atom is -0.311 e. The average molecular weight is 346 g/mol. The van der Waals surface area contributed by atoms with Crippen LogP contribution < -0.4 is 5.32 Å². The first kappa shape index (κ1) is 18.0. The van der Waals surface area contributed by atoms with Gasteiger partial charge >= 0.3 is 18.5 Å². The Morgan fingerprint density at radius 3 is 1.76 bits per heavy atom. The number of nitrogens with zero attached hydrogens (tertiary/aromatic N) is 1. The molecule has 12 heteroatoms. The second-order valence-electron chi connectivity index (χ2n) is 3.89. The van der Waals surface area contributed by atoms with Crippen molar-refractivity contribution in [3.8, 4) is 0 Å². The third-order valence-corrected chi connectivity index (χ3v) is 3.55. The Kier molecular flexibility index (Phi) is 4.83. The van der Waals surface area contributed by atoms with Crippen molar-refractivity contribution in [2.24, 2.45) is 5.92 Å².